The molecule has 2 N–H and O–H groups in total. The fraction of sp³-hybridized carbons (Fsp3) is 0.524. The molecule has 6 nitrogen and oxygen atoms in total. The second-order valence-corrected chi connectivity index (χ2v) is 7.14. The monoisotopic (exact) mass is 406 g/mol. The topological polar surface area (TPSA) is 68.2 Å². The van der Waals surface area contributed by atoms with Crippen molar-refractivity contribution < 1.29 is 9.53 Å². The Morgan fingerprint density at radius 1 is 1.25 bits per heavy atom. The molecule has 0 atom stereocenters. The highest BCUT2D eigenvalue weighted by Crippen LogP contribution is 2.33. The summed E-state index contributed by atoms with van der Waals surface area (Å²) >= 11 is 6.39. The van der Waals surface area contributed by atoms with Crippen molar-refractivity contribution in [1.29, 1.82) is 0 Å². The number of hydrogen-bond donors (Lipinski definition) is 2. The van der Waals surface area contributed by atoms with Crippen molar-refractivity contribution in [3.05, 3.63) is 34.7 Å². The van der Waals surface area contributed by atoms with Crippen molar-refractivity contribution in [2.45, 2.75) is 58.9 Å². The smallest absolute Gasteiger partial charge is 0.271 e. The zero-order valence-electron chi connectivity index (χ0n) is 17.4. The molecule has 2 aromatic rings. The van der Waals surface area contributed by atoms with Crippen LogP contribution in [-0.4, -0.2) is 29.6 Å². The average molecular weight is 407 g/mol. The molecule has 0 aliphatic rings. The molecule has 0 aliphatic carbocycles. The van der Waals surface area contributed by atoms with Crippen LogP contribution >= 0.6 is 11.6 Å². The number of methoxy groups -OCH3 is 1. The van der Waals surface area contributed by atoms with E-state index in [2.05, 4.69) is 36.0 Å². The highest BCUT2D eigenvalue weighted by atomic mass is 35.5. The second kappa shape index (κ2) is 10.4. The van der Waals surface area contributed by atoms with Gasteiger partial charge >= 0.3 is 0 Å². The van der Waals surface area contributed by atoms with E-state index in [1.165, 1.54) is 0 Å². The van der Waals surface area contributed by atoms with Crippen LogP contribution in [0.5, 0.6) is 5.75 Å². The van der Waals surface area contributed by atoms with Gasteiger partial charge in [-0.15, -0.1) is 0 Å². The molecule has 0 spiro atoms. The molecule has 2 rings (SSSR count). The summed E-state index contributed by atoms with van der Waals surface area (Å²) in [6.45, 7) is 6.40. The molecule has 0 saturated heterocycles. The molecule has 0 fully saturated rings. The van der Waals surface area contributed by atoms with E-state index in [1.54, 1.807) is 20.2 Å². The number of ether oxygens (including phenoxy) is 1. The first-order chi connectivity index (χ1) is 13.5. The van der Waals surface area contributed by atoms with Crippen LogP contribution < -0.4 is 15.4 Å². The number of carbonyl (C=O) groups is 1. The molecule has 0 bridgehead atoms. The number of hydrogen-bond acceptors (Lipinski definition) is 4. The standard InChI is InChI=1S/C21H31ClN4O2/c1-6-9-14(10-7-2)26-18(8-3)25-20(19(26)21(27)23-4)24-17-12-11-15(28-5)13-16(17)22/h11-14,24H,6-10H2,1-5H3,(H,23,27). The van der Waals surface area contributed by atoms with Crippen LogP contribution in [0.25, 0.3) is 0 Å². The zero-order chi connectivity index (χ0) is 20.7. The van der Waals surface area contributed by atoms with E-state index in [4.69, 9.17) is 21.3 Å². The van der Waals surface area contributed by atoms with Crippen molar-refractivity contribution in [3.63, 3.8) is 0 Å². The number of amides is 1. The number of nitrogens with zero attached hydrogens (tertiary/aromatic N) is 2. The normalized spacial score (nSPS) is 11.0. The van der Waals surface area contributed by atoms with E-state index in [-0.39, 0.29) is 11.9 Å². The molecular weight excluding hydrogens is 376 g/mol. The third-order valence-corrected chi connectivity index (χ3v) is 5.09. The molecule has 1 heterocycles. The first kappa shape index (κ1) is 22.1. The zero-order valence-corrected chi connectivity index (χ0v) is 18.2. The van der Waals surface area contributed by atoms with Gasteiger partial charge in [-0.1, -0.05) is 45.2 Å². The molecule has 0 radical (unpaired) electrons. The van der Waals surface area contributed by atoms with Gasteiger partial charge in [0.25, 0.3) is 5.91 Å². The lowest BCUT2D eigenvalue weighted by Gasteiger charge is -2.22. The highest BCUT2D eigenvalue weighted by Gasteiger charge is 2.26. The molecular formula is C21H31ClN4O2. The van der Waals surface area contributed by atoms with Gasteiger partial charge in [0.05, 0.1) is 17.8 Å². The maximum Gasteiger partial charge on any atom is 0.271 e. The van der Waals surface area contributed by atoms with Gasteiger partial charge in [0.2, 0.25) is 0 Å². The molecule has 0 aliphatic heterocycles. The Morgan fingerprint density at radius 2 is 1.93 bits per heavy atom. The number of benzene rings is 1. The molecule has 28 heavy (non-hydrogen) atoms. The van der Waals surface area contributed by atoms with Gasteiger partial charge in [0.15, 0.2) is 11.5 Å². The Bertz CT molecular complexity index is 798. The Morgan fingerprint density at radius 3 is 2.43 bits per heavy atom. The molecule has 1 aromatic heterocycles. The van der Waals surface area contributed by atoms with Crippen LogP contribution in [0.15, 0.2) is 18.2 Å². The van der Waals surface area contributed by atoms with Gasteiger partial charge in [-0.05, 0) is 25.0 Å². The van der Waals surface area contributed by atoms with Gasteiger partial charge in [-0.25, -0.2) is 4.98 Å². The quantitative estimate of drug-likeness (QED) is 0.557. The summed E-state index contributed by atoms with van der Waals surface area (Å²) in [4.78, 5) is 17.6. The molecule has 154 valence electrons. The molecule has 0 saturated carbocycles. The van der Waals surface area contributed by atoms with Crippen LogP contribution in [-0.2, 0) is 6.42 Å². The third-order valence-electron chi connectivity index (χ3n) is 4.78. The Labute approximate surface area is 172 Å². The minimum Gasteiger partial charge on any atom is -0.497 e. The number of aryl methyl sites for hydroxylation is 1. The highest BCUT2D eigenvalue weighted by molar-refractivity contribution is 6.33. The number of rotatable bonds is 10. The van der Waals surface area contributed by atoms with E-state index in [0.717, 1.165) is 37.9 Å². The maximum atomic E-state index is 12.8. The number of imidazole rings is 1. The van der Waals surface area contributed by atoms with E-state index < -0.39 is 0 Å². The average Bonchev–Trinajstić information content (AvgIpc) is 3.06. The third kappa shape index (κ3) is 4.79. The lowest BCUT2D eigenvalue weighted by atomic mass is 10.1. The molecule has 1 amide bonds. The summed E-state index contributed by atoms with van der Waals surface area (Å²) in [5.41, 5.74) is 1.24. The first-order valence-electron chi connectivity index (χ1n) is 9.94. The van der Waals surface area contributed by atoms with Crippen molar-refractivity contribution in [3.8, 4) is 5.75 Å². The minimum atomic E-state index is -0.156. The Hall–Kier alpha value is -2.21. The van der Waals surface area contributed by atoms with Gasteiger partial charge < -0.3 is 19.9 Å². The number of anilines is 2. The van der Waals surface area contributed by atoms with Crippen LogP contribution in [0.3, 0.4) is 0 Å². The summed E-state index contributed by atoms with van der Waals surface area (Å²) in [6, 6.07) is 5.63. The van der Waals surface area contributed by atoms with Crippen molar-refractivity contribution in [2.24, 2.45) is 0 Å². The van der Waals surface area contributed by atoms with Gasteiger partial charge in [0.1, 0.15) is 11.6 Å². The maximum absolute atomic E-state index is 12.8. The minimum absolute atomic E-state index is 0.156. The van der Waals surface area contributed by atoms with Crippen LogP contribution in [0.1, 0.15) is 68.8 Å². The summed E-state index contributed by atoms with van der Waals surface area (Å²) in [6.07, 6.45) is 4.85. The second-order valence-electron chi connectivity index (χ2n) is 6.73. The van der Waals surface area contributed by atoms with Gasteiger partial charge in [-0.3, -0.25) is 4.79 Å². The number of aromatic nitrogens is 2. The van der Waals surface area contributed by atoms with Crippen molar-refractivity contribution in [1.82, 2.24) is 14.9 Å². The lowest BCUT2D eigenvalue weighted by Crippen LogP contribution is -2.25. The number of nitrogens with one attached hydrogen (secondary N) is 2. The summed E-state index contributed by atoms with van der Waals surface area (Å²) in [5.74, 6) is 1.95. The van der Waals surface area contributed by atoms with E-state index in [0.29, 0.717) is 28.0 Å². The fourth-order valence-corrected chi connectivity index (χ4v) is 3.68. The van der Waals surface area contributed by atoms with Crippen LogP contribution in [0, 0.1) is 0 Å². The molecule has 1 aromatic carbocycles. The summed E-state index contributed by atoms with van der Waals surface area (Å²) < 4.78 is 7.33. The Balaban J connectivity index is 2.56. The SMILES string of the molecule is CCCC(CCC)n1c(CC)nc(Nc2ccc(OC)cc2Cl)c1C(=O)NC. The van der Waals surface area contributed by atoms with Crippen molar-refractivity contribution >= 4 is 29.0 Å². The van der Waals surface area contributed by atoms with Crippen molar-refractivity contribution in [2.75, 3.05) is 19.5 Å². The predicted molar refractivity (Wildman–Crippen MR) is 115 cm³/mol. The molecule has 0 unspecified atom stereocenters. The summed E-state index contributed by atoms with van der Waals surface area (Å²) in [5, 5.41) is 6.53. The van der Waals surface area contributed by atoms with Crippen LogP contribution in [0.2, 0.25) is 5.02 Å². The number of carbonyl (C=O) groups excluding carboxylic acids is 1. The molecule has 7 heteroatoms. The van der Waals surface area contributed by atoms with Gasteiger partial charge in [0, 0.05) is 25.6 Å². The predicted octanol–water partition coefficient (Wildman–Crippen LogP) is 5.35. The van der Waals surface area contributed by atoms with E-state index in [9.17, 15) is 4.79 Å². The first-order valence-corrected chi connectivity index (χ1v) is 10.3. The summed E-state index contributed by atoms with van der Waals surface area (Å²) in [7, 11) is 3.24. The lowest BCUT2D eigenvalue weighted by molar-refractivity contribution is 0.0951. The van der Waals surface area contributed by atoms with Gasteiger partial charge in [-0.2, -0.15) is 0 Å². The van der Waals surface area contributed by atoms with E-state index in [1.807, 2.05) is 12.1 Å². The van der Waals surface area contributed by atoms with E-state index >= 15 is 0 Å². The number of halogens is 1. The van der Waals surface area contributed by atoms with Crippen LogP contribution in [0.4, 0.5) is 11.5 Å². The fourth-order valence-electron chi connectivity index (χ4n) is 3.46. The largest absolute Gasteiger partial charge is 0.497 e. The Kier molecular flexibility index (Phi) is 8.18.